The molecule has 0 saturated carbocycles. The molecule has 1 unspecified atom stereocenters. The van der Waals surface area contributed by atoms with E-state index >= 15 is 0 Å². The molecule has 0 aliphatic heterocycles. The van der Waals surface area contributed by atoms with Gasteiger partial charge in [0.1, 0.15) is 12.2 Å². The molecular formula is C8H6ClN5O. The molecule has 0 fully saturated rings. The van der Waals surface area contributed by atoms with Crippen LogP contribution in [0.1, 0.15) is 11.6 Å². The highest BCUT2D eigenvalue weighted by molar-refractivity contribution is 6.18. The fraction of sp³-hybridized carbons (Fsp3) is 0.250. The second-order valence-corrected chi connectivity index (χ2v) is 3.22. The lowest BCUT2D eigenvalue weighted by atomic mass is 10.1. The minimum atomic E-state index is -0.483. The van der Waals surface area contributed by atoms with Crippen molar-refractivity contribution in [2.45, 2.75) is 5.92 Å². The molecule has 76 valence electrons. The predicted molar refractivity (Wildman–Crippen MR) is 52.7 cm³/mol. The van der Waals surface area contributed by atoms with Gasteiger partial charge in [-0.15, -0.1) is 11.6 Å². The van der Waals surface area contributed by atoms with Crippen LogP contribution >= 0.6 is 11.6 Å². The number of fused-ring (bicyclic) bond motifs is 1. The minimum absolute atomic E-state index is 0.161. The Kier molecular flexibility index (Phi) is 2.39. The second kappa shape index (κ2) is 3.71. The van der Waals surface area contributed by atoms with Crippen LogP contribution in [-0.2, 0) is 0 Å². The van der Waals surface area contributed by atoms with E-state index in [2.05, 4.69) is 15.2 Å². The molecule has 2 aromatic rings. The topological polar surface area (TPSA) is 86.8 Å². The largest absolute Gasteiger partial charge is 0.348 e. The molecule has 0 saturated heterocycles. The number of alkyl halides is 1. The molecule has 0 aromatic carbocycles. The Morgan fingerprint density at radius 1 is 1.73 bits per heavy atom. The molecule has 2 aromatic heterocycles. The summed E-state index contributed by atoms with van der Waals surface area (Å²) in [6, 6.07) is 3.58. The van der Waals surface area contributed by atoms with Gasteiger partial charge in [-0.25, -0.2) is 19.3 Å². The lowest BCUT2D eigenvalue weighted by molar-refractivity contribution is 0.894. The van der Waals surface area contributed by atoms with Crippen LogP contribution in [0.15, 0.2) is 17.2 Å². The molecule has 1 N–H and O–H groups in total. The minimum Gasteiger partial charge on any atom is -0.246 e. The van der Waals surface area contributed by atoms with Crippen LogP contribution in [0.5, 0.6) is 0 Å². The van der Waals surface area contributed by atoms with Crippen LogP contribution in [-0.4, -0.2) is 25.5 Å². The highest BCUT2D eigenvalue weighted by Gasteiger charge is 2.12. The molecule has 2 heterocycles. The van der Waals surface area contributed by atoms with Crippen LogP contribution in [0.4, 0.5) is 0 Å². The number of rotatable bonds is 2. The normalized spacial score (nSPS) is 12.5. The highest BCUT2D eigenvalue weighted by Crippen LogP contribution is 2.14. The van der Waals surface area contributed by atoms with Crippen LogP contribution in [0.3, 0.4) is 0 Å². The summed E-state index contributed by atoms with van der Waals surface area (Å²) in [5, 5.41) is 14.8. The first kappa shape index (κ1) is 9.68. The molecule has 6 nitrogen and oxygen atoms in total. The molecule has 0 spiro atoms. The van der Waals surface area contributed by atoms with Crippen molar-refractivity contribution in [2.75, 3.05) is 5.88 Å². The fourth-order valence-corrected chi connectivity index (χ4v) is 1.42. The van der Waals surface area contributed by atoms with Gasteiger partial charge < -0.3 is 0 Å². The summed E-state index contributed by atoms with van der Waals surface area (Å²) in [6.07, 6.45) is 1.33. The maximum atomic E-state index is 11.1. The number of nitriles is 1. The summed E-state index contributed by atoms with van der Waals surface area (Å²) in [6.45, 7) is 0. The molecule has 0 aliphatic carbocycles. The van der Waals surface area contributed by atoms with Gasteiger partial charge in [0.2, 0.25) is 0 Å². The van der Waals surface area contributed by atoms with Crippen LogP contribution in [0.2, 0.25) is 0 Å². The van der Waals surface area contributed by atoms with Gasteiger partial charge >= 0.3 is 5.69 Å². The summed E-state index contributed by atoms with van der Waals surface area (Å²) in [5.74, 6) is -0.322. The Morgan fingerprint density at radius 2 is 2.53 bits per heavy atom. The fourth-order valence-electron chi connectivity index (χ4n) is 1.19. The quantitative estimate of drug-likeness (QED) is 0.740. The Hall–Kier alpha value is -1.87. The summed E-state index contributed by atoms with van der Waals surface area (Å²) < 4.78 is 1.26. The van der Waals surface area contributed by atoms with E-state index in [0.717, 1.165) is 0 Å². The van der Waals surface area contributed by atoms with E-state index in [1.54, 1.807) is 6.07 Å². The van der Waals surface area contributed by atoms with Gasteiger partial charge in [0.15, 0.2) is 5.65 Å². The maximum absolute atomic E-state index is 11.1. The third-order valence-corrected chi connectivity index (χ3v) is 2.31. The first-order chi connectivity index (χ1) is 7.26. The van der Waals surface area contributed by atoms with Crippen molar-refractivity contribution in [3.05, 3.63) is 28.6 Å². The standard InChI is InChI=1S/C8H6ClN5O/c9-2-5(3-10)6-1-7-12-13-8(15)14(7)4-11-6/h1,4-5H,2H2,(H,13,15). The van der Waals surface area contributed by atoms with Gasteiger partial charge in [0.05, 0.1) is 11.8 Å². The van der Waals surface area contributed by atoms with Crippen LogP contribution in [0, 0.1) is 11.3 Å². The van der Waals surface area contributed by atoms with E-state index in [0.29, 0.717) is 11.3 Å². The maximum Gasteiger partial charge on any atom is 0.348 e. The van der Waals surface area contributed by atoms with Crippen LogP contribution < -0.4 is 5.69 Å². The number of aromatic amines is 1. The first-order valence-electron chi connectivity index (χ1n) is 4.14. The van der Waals surface area contributed by atoms with Crippen molar-refractivity contribution in [2.24, 2.45) is 0 Å². The highest BCUT2D eigenvalue weighted by atomic mass is 35.5. The van der Waals surface area contributed by atoms with Crippen molar-refractivity contribution in [3.8, 4) is 6.07 Å². The zero-order valence-electron chi connectivity index (χ0n) is 7.51. The van der Waals surface area contributed by atoms with Gasteiger partial charge in [-0.2, -0.15) is 10.4 Å². The summed E-state index contributed by atoms with van der Waals surface area (Å²) in [7, 11) is 0. The first-order valence-corrected chi connectivity index (χ1v) is 4.68. The zero-order valence-corrected chi connectivity index (χ0v) is 8.27. The van der Waals surface area contributed by atoms with E-state index in [9.17, 15) is 4.79 Å². The molecule has 1 atom stereocenters. The number of nitrogens with one attached hydrogen (secondary N) is 1. The van der Waals surface area contributed by atoms with Gasteiger partial charge in [0.25, 0.3) is 0 Å². The average Bonchev–Trinajstić information content (AvgIpc) is 2.62. The van der Waals surface area contributed by atoms with Crippen LogP contribution in [0.25, 0.3) is 5.65 Å². The molecule has 0 radical (unpaired) electrons. The molecule has 0 amide bonds. The summed E-state index contributed by atoms with van der Waals surface area (Å²) >= 11 is 5.60. The number of aromatic nitrogens is 4. The lowest BCUT2D eigenvalue weighted by Crippen LogP contribution is -2.10. The third-order valence-electron chi connectivity index (χ3n) is 2.00. The van der Waals surface area contributed by atoms with Crippen molar-refractivity contribution < 1.29 is 0 Å². The zero-order chi connectivity index (χ0) is 10.8. The van der Waals surface area contributed by atoms with E-state index in [4.69, 9.17) is 16.9 Å². The van der Waals surface area contributed by atoms with Gasteiger partial charge in [0, 0.05) is 11.9 Å². The van der Waals surface area contributed by atoms with Crippen molar-refractivity contribution >= 4 is 17.2 Å². The van der Waals surface area contributed by atoms with E-state index < -0.39 is 5.92 Å². The van der Waals surface area contributed by atoms with Crippen molar-refractivity contribution in [3.63, 3.8) is 0 Å². The number of hydrogen-bond donors (Lipinski definition) is 1. The molecular weight excluding hydrogens is 218 g/mol. The van der Waals surface area contributed by atoms with Gasteiger partial charge in [-0.3, -0.25) is 0 Å². The van der Waals surface area contributed by atoms with Gasteiger partial charge in [-0.05, 0) is 0 Å². The van der Waals surface area contributed by atoms with Crippen molar-refractivity contribution in [1.82, 2.24) is 19.6 Å². The Labute approximate surface area is 89.1 Å². The molecule has 0 bridgehead atoms. The summed E-state index contributed by atoms with van der Waals surface area (Å²) in [5.41, 5.74) is 0.581. The number of nitrogens with zero attached hydrogens (tertiary/aromatic N) is 4. The van der Waals surface area contributed by atoms with E-state index in [1.807, 2.05) is 6.07 Å². The Bertz CT molecular complexity index is 580. The number of hydrogen-bond acceptors (Lipinski definition) is 4. The van der Waals surface area contributed by atoms with E-state index in [1.165, 1.54) is 10.7 Å². The van der Waals surface area contributed by atoms with Gasteiger partial charge in [-0.1, -0.05) is 0 Å². The number of H-pyrrole nitrogens is 1. The van der Waals surface area contributed by atoms with Crippen molar-refractivity contribution in [1.29, 1.82) is 5.26 Å². The average molecular weight is 224 g/mol. The molecule has 7 heteroatoms. The Morgan fingerprint density at radius 3 is 3.20 bits per heavy atom. The smallest absolute Gasteiger partial charge is 0.246 e. The molecule has 0 aliphatic rings. The monoisotopic (exact) mass is 223 g/mol. The Balaban J connectivity index is 2.57. The molecule has 15 heavy (non-hydrogen) atoms. The second-order valence-electron chi connectivity index (χ2n) is 2.91. The summed E-state index contributed by atoms with van der Waals surface area (Å²) in [4.78, 5) is 15.1. The lowest BCUT2D eigenvalue weighted by Gasteiger charge is -2.02. The molecule has 2 rings (SSSR count). The number of halogens is 1. The predicted octanol–water partition coefficient (Wildman–Crippen LogP) is 0.264. The SMILES string of the molecule is N#CC(CCl)c1cc2n[nH]c(=O)n2cn1. The third kappa shape index (κ3) is 1.57. The van der Waals surface area contributed by atoms with E-state index in [-0.39, 0.29) is 11.6 Å².